The highest BCUT2D eigenvalue weighted by molar-refractivity contribution is 5.81. The molecule has 1 saturated heterocycles. The molecular formula is C14H21NO6. The summed E-state index contributed by atoms with van der Waals surface area (Å²) in [6, 6.07) is 0. The van der Waals surface area contributed by atoms with Crippen LogP contribution >= 0.6 is 0 Å². The first kappa shape index (κ1) is 15.8. The van der Waals surface area contributed by atoms with E-state index in [1.54, 1.807) is 4.90 Å². The van der Waals surface area contributed by atoms with Crippen molar-refractivity contribution < 1.29 is 29.0 Å². The van der Waals surface area contributed by atoms with Crippen LogP contribution in [0.4, 0.5) is 0 Å². The molecule has 1 unspecified atom stereocenters. The normalized spacial score (nSPS) is 29.2. The van der Waals surface area contributed by atoms with Crippen molar-refractivity contribution in [3.8, 4) is 0 Å². The maximum absolute atomic E-state index is 12.4. The van der Waals surface area contributed by atoms with Crippen molar-refractivity contribution in [2.24, 2.45) is 11.8 Å². The van der Waals surface area contributed by atoms with Gasteiger partial charge < -0.3 is 19.5 Å². The molecule has 1 saturated carbocycles. The molecule has 3 atom stereocenters. The van der Waals surface area contributed by atoms with E-state index >= 15 is 0 Å². The number of morpholine rings is 1. The Hall–Kier alpha value is -1.63. The van der Waals surface area contributed by atoms with Crippen LogP contribution in [0.5, 0.6) is 0 Å². The van der Waals surface area contributed by atoms with Crippen LogP contribution in [0.3, 0.4) is 0 Å². The van der Waals surface area contributed by atoms with Crippen LogP contribution in [0.25, 0.3) is 0 Å². The lowest BCUT2D eigenvalue weighted by Crippen LogP contribution is -2.48. The van der Waals surface area contributed by atoms with E-state index in [0.717, 1.165) is 0 Å². The first-order valence-electron chi connectivity index (χ1n) is 7.21. The second-order valence-corrected chi connectivity index (χ2v) is 5.60. The molecule has 1 heterocycles. The maximum Gasteiger partial charge on any atom is 0.308 e. The molecule has 2 fully saturated rings. The van der Waals surface area contributed by atoms with Gasteiger partial charge in [0.15, 0.2) is 0 Å². The van der Waals surface area contributed by atoms with Crippen LogP contribution in [0.1, 0.15) is 25.7 Å². The lowest BCUT2D eigenvalue weighted by atomic mass is 10.0. The lowest BCUT2D eigenvalue weighted by Gasteiger charge is -2.34. The predicted octanol–water partition coefficient (Wildman–Crippen LogP) is 0.278. The Morgan fingerprint density at radius 2 is 2.00 bits per heavy atom. The first-order valence-corrected chi connectivity index (χ1v) is 7.21. The Balaban J connectivity index is 1.87. The highest BCUT2D eigenvalue weighted by Gasteiger charge is 2.37. The minimum atomic E-state index is -0.823. The number of carboxylic acid groups (broad SMARTS) is 1. The van der Waals surface area contributed by atoms with Crippen LogP contribution in [-0.4, -0.2) is 60.8 Å². The molecule has 7 nitrogen and oxygen atoms in total. The Bertz CT molecular complexity index is 424. The largest absolute Gasteiger partial charge is 0.481 e. The minimum Gasteiger partial charge on any atom is -0.481 e. The molecule has 21 heavy (non-hydrogen) atoms. The molecule has 1 amide bonds. The number of esters is 1. The zero-order valence-electron chi connectivity index (χ0n) is 12.1. The van der Waals surface area contributed by atoms with E-state index in [-0.39, 0.29) is 30.3 Å². The van der Waals surface area contributed by atoms with Crippen molar-refractivity contribution in [3.05, 3.63) is 0 Å². The third-order valence-electron chi connectivity index (χ3n) is 4.20. The minimum absolute atomic E-state index is 0.0167. The fraction of sp³-hybridized carbons (Fsp3) is 0.786. The number of nitrogens with zero attached hydrogens (tertiary/aromatic N) is 1. The molecule has 1 aliphatic heterocycles. The van der Waals surface area contributed by atoms with E-state index in [0.29, 0.717) is 39.0 Å². The summed E-state index contributed by atoms with van der Waals surface area (Å²) >= 11 is 0. The van der Waals surface area contributed by atoms with Gasteiger partial charge in [0.25, 0.3) is 0 Å². The summed E-state index contributed by atoms with van der Waals surface area (Å²) in [4.78, 5) is 36.3. The summed E-state index contributed by atoms with van der Waals surface area (Å²) in [5, 5.41) is 9.00. The predicted molar refractivity (Wildman–Crippen MR) is 71.4 cm³/mol. The highest BCUT2D eigenvalue weighted by atomic mass is 16.5. The fourth-order valence-corrected chi connectivity index (χ4v) is 3.00. The van der Waals surface area contributed by atoms with Gasteiger partial charge in [-0.15, -0.1) is 0 Å². The molecule has 0 radical (unpaired) electrons. The molecule has 2 aliphatic rings. The number of amides is 1. The average molecular weight is 299 g/mol. The van der Waals surface area contributed by atoms with Crippen molar-refractivity contribution in [2.75, 3.05) is 26.8 Å². The Kier molecular flexibility index (Phi) is 5.17. The zero-order chi connectivity index (χ0) is 15.4. The average Bonchev–Trinajstić information content (AvgIpc) is 2.96. The van der Waals surface area contributed by atoms with Gasteiger partial charge in [-0.05, 0) is 19.3 Å². The molecule has 1 N–H and O–H groups in total. The molecule has 7 heteroatoms. The summed E-state index contributed by atoms with van der Waals surface area (Å²) in [6.07, 6.45) is 1.37. The van der Waals surface area contributed by atoms with Gasteiger partial charge in [0.05, 0.1) is 32.2 Å². The van der Waals surface area contributed by atoms with Gasteiger partial charge in [-0.25, -0.2) is 0 Å². The number of carbonyl (C=O) groups excluding carboxylic acids is 2. The topological polar surface area (TPSA) is 93.1 Å². The van der Waals surface area contributed by atoms with Crippen molar-refractivity contribution in [1.82, 2.24) is 4.90 Å². The number of methoxy groups -OCH3 is 1. The van der Waals surface area contributed by atoms with Crippen molar-refractivity contribution in [3.63, 3.8) is 0 Å². The SMILES string of the molecule is COC(=O)CC1CN(C(=O)[C@@H]2CC[C@H](C(=O)O)C2)CCO1. The van der Waals surface area contributed by atoms with Crippen LogP contribution in [0.15, 0.2) is 0 Å². The monoisotopic (exact) mass is 299 g/mol. The fourth-order valence-electron chi connectivity index (χ4n) is 3.00. The standard InChI is InChI=1S/C14H21NO6/c1-20-12(16)7-11-8-15(4-5-21-11)13(17)9-2-3-10(6-9)14(18)19/h9-11H,2-8H2,1H3,(H,18,19)/t9-,10+,11?/m1/s1. The molecule has 0 aromatic rings. The summed E-state index contributed by atoms with van der Waals surface area (Å²) in [7, 11) is 1.32. The van der Waals surface area contributed by atoms with Crippen molar-refractivity contribution in [2.45, 2.75) is 31.8 Å². The van der Waals surface area contributed by atoms with E-state index in [2.05, 4.69) is 4.74 Å². The van der Waals surface area contributed by atoms with Gasteiger partial charge in [0, 0.05) is 19.0 Å². The summed E-state index contributed by atoms with van der Waals surface area (Å²) in [5.74, 6) is -1.83. The molecule has 0 bridgehead atoms. The smallest absolute Gasteiger partial charge is 0.308 e. The van der Waals surface area contributed by atoms with Gasteiger partial charge >= 0.3 is 11.9 Å². The molecule has 0 spiro atoms. The third-order valence-corrected chi connectivity index (χ3v) is 4.20. The van der Waals surface area contributed by atoms with Gasteiger partial charge in [0.2, 0.25) is 5.91 Å². The second-order valence-electron chi connectivity index (χ2n) is 5.60. The second kappa shape index (κ2) is 6.89. The van der Waals surface area contributed by atoms with Crippen LogP contribution in [-0.2, 0) is 23.9 Å². The molecule has 0 aromatic carbocycles. The quantitative estimate of drug-likeness (QED) is 0.749. The number of carboxylic acids is 1. The van der Waals surface area contributed by atoms with Gasteiger partial charge in [-0.1, -0.05) is 0 Å². The summed E-state index contributed by atoms with van der Waals surface area (Å²) in [6.45, 7) is 1.25. The van der Waals surface area contributed by atoms with Gasteiger partial charge in [-0.2, -0.15) is 0 Å². The zero-order valence-corrected chi connectivity index (χ0v) is 12.1. The number of hydrogen-bond donors (Lipinski definition) is 1. The van der Waals surface area contributed by atoms with E-state index in [9.17, 15) is 14.4 Å². The first-order chi connectivity index (χ1) is 10.0. The Morgan fingerprint density at radius 1 is 1.29 bits per heavy atom. The number of hydrogen-bond acceptors (Lipinski definition) is 5. The third kappa shape index (κ3) is 3.93. The summed E-state index contributed by atoms with van der Waals surface area (Å²) < 4.78 is 10.1. The van der Waals surface area contributed by atoms with Crippen LogP contribution < -0.4 is 0 Å². The summed E-state index contributed by atoms with van der Waals surface area (Å²) in [5.41, 5.74) is 0. The number of rotatable bonds is 4. The van der Waals surface area contributed by atoms with Crippen LogP contribution in [0, 0.1) is 11.8 Å². The van der Waals surface area contributed by atoms with Gasteiger partial charge in [0.1, 0.15) is 0 Å². The molecule has 2 rings (SSSR count). The maximum atomic E-state index is 12.4. The van der Waals surface area contributed by atoms with Crippen molar-refractivity contribution in [1.29, 1.82) is 0 Å². The molecule has 1 aliphatic carbocycles. The molecule has 0 aromatic heterocycles. The van der Waals surface area contributed by atoms with E-state index in [1.807, 2.05) is 0 Å². The Morgan fingerprint density at radius 3 is 2.62 bits per heavy atom. The lowest BCUT2D eigenvalue weighted by molar-refractivity contribution is -0.151. The molecular weight excluding hydrogens is 278 g/mol. The number of aliphatic carboxylic acids is 1. The molecule has 118 valence electrons. The number of carbonyl (C=O) groups is 3. The van der Waals surface area contributed by atoms with E-state index in [4.69, 9.17) is 9.84 Å². The Labute approximate surface area is 123 Å². The van der Waals surface area contributed by atoms with E-state index in [1.165, 1.54) is 7.11 Å². The van der Waals surface area contributed by atoms with Crippen LogP contribution in [0.2, 0.25) is 0 Å². The van der Waals surface area contributed by atoms with Crippen molar-refractivity contribution >= 4 is 17.8 Å². The highest BCUT2D eigenvalue weighted by Crippen LogP contribution is 2.32. The van der Waals surface area contributed by atoms with Gasteiger partial charge in [-0.3, -0.25) is 14.4 Å². The van der Waals surface area contributed by atoms with E-state index < -0.39 is 11.9 Å². The number of ether oxygens (including phenoxy) is 2.